The zero-order valence-electron chi connectivity index (χ0n) is 17.3. The lowest BCUT2D eigenvalue weighted by atomic mass is 10.2. The average Bonchev–Trinajstić information content (AvgIpc) is 3.27. The number of hydrogen-bond donors (Lipinski definition) is 2. The van der Waals surface area contributed by atoms with Gasteiger partial charge in [0.15, 0.2) is 0 Å². The van der Waals surface area contributed by atoms with Crippen molar-refractivity contribution >= 4 is 28.4 Å². The zero-order valence-corrected chi connectivity index (χ0v) is 17.3. The second kappa shape index (κ2) is 9.17. The number of carbonyl (C=O) groups excluding carboxylic acids is 2. The largest absolute Gasteiger partial charge is 0.352 e. The van der Waals surface area contributed by atoms with Gasteiger partial charge in [-0.1, -0.05) is 31.0 Å². The van der Waals surface area contributed by atoms with Gasteiger partial charge in [0, 0.05) is 11.7 Å². The van der Waals surface area contributed by atoms with E-state index in [-0.39, 0.29) is 22.6 Å². The van der Waals surface area contributed by atoms with Gasteiger partial charge in [0.25, 0.3) is 5.56 Å². The minimum absolute atomic E-state index is 0.0536. The third-order valence-corrected chi connectivity index (χ3v) is 5.56. The maximum Gasteiger partial charge on any atom is 0.332 e. The van der Waals surface area contributed by atoms with Gasteiger partial charge < -0.3 is 10.6 Å². The van der Waals surface area contributed by atoms with Gasteiger partial charge in [-0.15, -0.1) is 0 Å². The first-order valence-corrected chi connectivity index (χ1v) is 10.5. The number of nitrogens with one attached hydrogen (secondary N) is 2. The Morgan fingerprint density at radius 2 is 1.66 bits per heavy atom. The molecule has 0 unspecified atom stereocenters. The molecule has 2 N–H and O–H groups in total. The zero-order chi connectivity index (χ0) is 22.7. The normalized spacial score (nSPS) is 13.9. The molecule has 1 aliphatic carbocycles. The molecule has 3 aromatic rings. The third kappa shape index (κ3) is 4.61. The summed E-state index contributed by atoms with van der Waals surface area (Å²) in [6, 6.07) is 11.9. The van der Waals surface area contributed by atoms with Crippen LogP contribution in [0.2, 0.25) is 0 Å². The quantitative estimate of drug-likeness (QED) is 0.615. The van der Waals surface area contributed by atoms with Gasteiger partial charge in [-0.25, -0.2) is 9.18 Å². The molecule has 0 saturated heterocycles. The molecule has 4 rings (SSSR count). The Bertz CT molecular complexity index is 1290. The van der Waals surface area contributed by atoms with Gasteiger partial charge in [0.2, 0.25) is 11.8 Å². The summed E-state index contributed by atoms with van der Waals surface area (Å²) in [6.45, 7) is -0.828. The average molecular weight is 438 g/mol. The molecule has 32 heavy (non-hydrogen) atoms. The number of amides is 2. The molecule has 166 valence electrons. The van der Waals surface area contributed by atoms with Crippen molar-refractivity contribution in [1.29, 1.82) is 0 Å². The summed E-state index contributed by atoms with van der Waals surface area (Å²) in [4.78, 5) is 51.1. The summed E-state index contributed by atoms with van der Waals surface area (Å²) in [5.41, 5.74) is -0.820. The number of halogens is 1. The van der Waals surface area contributed by atoms with Gasteiger partial charge in [-0.3, -0.25) is 23.5 Å². The number of carbonyl (C=O) groups is 2. The van der Waals surface area contributed by atoms with Crippen LogP contribution in [0.15, 0.2) is 58.1 Å². The van der Waals surface area contributed by atoms with E-state index in [0.29, 0.717) is 0 Å². The summed E-state index contributed by atoms with van der Waals surface area (Å²) in [6.07, 6.45) is 3.83. The summed E-state index contributed by atoms with van der Waals surface area (Å²) < 4.78 is 15.4. The van der Waals surface area contributed by atoms with E-state index in [4.69, 9.17) is 0 Å². The predicted octanol–water partition coefficient (Wildman–Crippen LogP) is 2.00. The van der Waals surface area contributed by atoms with Crippen LogP contribution in [0, 0.1) is 5.82 Å². The maximum absolute atomic E-state index is 13.4. The van der Waals surface area contributed by atoms with Crippen LogP contribution in [0.3, 0.4) is 0 Å². The Kier molecular flexibility index (Phi) is 6.16. The predicted molar refractivity (Wildman–Crippen MR) is 118 cm³/mol. The Morgan fingerprint density at radius 3 is 2.41 bits per heavy atom. The molecule has 0 aliphatic heterocycles. The van der Waals surface area contributed by atoms with E-state index in [1.807, 2.05) is 0 Å². The fourth-order valence-corrected chi connectivity index (χ4v) is 4.06. The minimum atomic E-state index is -0.760. The maximum atomic E-state index is 13.4. The van der Waals surface area contributed by atoms with Crippen molar-refractivity contribution in [1.82, 2.24) is 14.5 Å². The number of rotatable bonds is 6. The monoisotopic (exact) mass is 438 g/mol. The molecule has 1 heterocycles. The molecular weight excluding hydrogens is 415 g/mol. The number of hydrogen-bond acceptors (Lipinski definition) is 4. The standard InChI is InChI=1S/C23H23FN4O4/c24-15-6-5-9-17(12-15)26-20(29)13-27-19-11-4-3-10-18(19)22(31)28(23(27)32)14-21(30)25-16-7-1-2-8-16/h3-6,9-12,16H,1-2,7-8,13-14H2,(H,25,30)(H,26,29). The lowest BCUT2D eigenvalue weighted by Gasteiger charge is -2.15. The molecule has 8 nitrogen and oxygen atoms in total. The van der Waals surface area contributed by atoms with Crippen molar-refractivity contribution in [3.8, 4) is 0 Å². The molecule has 1 aliphatic rings. The summed E-state index contributed by atoms with van der Waals surface area (Å²) >= 11 is 0. The summed E-state index contributed by atoms with van der Waals surface area (Å²) in [5.74, 6) is -1.49. The SMILES string of the molecule is O=C(Cn1c(=O)n(CC(=O)NC2CCCC2)c(=O)c2ccccc21)Nc1cccc(F)c1. The van der Waals surface area contributed by atoms with E-state index in [1.54, 1.807) is 24.3 Å². The third-order valence-electron chi connectivity index (χ3n) is 5.56. The van der Waals surface area contributed by atoms with E-state index in [1.165, 1.54) is 18.2 Å². The first-order valence-electron chi connectivity index (χ1n) is 10.5. The van der Waals surface area contributed by atoms with Crippen molar-refractivity contribution < 1.29 is 14.0 Å². The lowest BCUT2D eigenvalue weighted by Crippen LogP contribution is -2.46. The molecule has 0 bridgehead atoms. The summed E-state index contributed by atoms with van der Waals surface area (Å²) in [5, 5.41) is 5.63. The number of anilines is 1. The van der Waals surface area contributed by atoms with Crippen LogP contribution in [0.25, 0.3) is 10.9 Å². The van der Waals surface area contributed by atoms with Crippen molar-refractivity contribution in [3.63, 3.8) is 0 Å². The molecule has 1 saturated carbocycles. The van der Waals surface area contributed by atoms with Gasteiger partial charge in [0.1, 0.15) is 18.9 Å². The van der Waals surface area contributed by atoms with E-state index >= 15 is 0 Å². The van der Waals surface area contributed by atoms with Crippen LogP contribution in [-0.4, -0.2) is 27.0 Å². The number of benzene rings is 2. The Balaban J connectivity index is 1.65. The Morgan fingerprint density at radius 1 is 0.938 bits per heavy atom. The molecule has 1 aromatic heterocycles. The topological polar surface area (TPSA) is 102 Å². The Labute approximate surface area is 182 Å². The highest BCUT2D eigenvalue weighted by molar-refractivity contribution is 5.91. The molecular formula is C23H23FN4O4. The fourth-order valence-electron chi connectivity index (χ4n) is 4.06. The second-order valence-corrected chi connectivity index (χ2v) is 7.88. The van der Waals surface area contributed by atoms with E-state index in [0.717, 1.165) is 40.9 Å². The van der Waals surface area contributed by atoms with Gasteiger partial charge in [-0.2, -0.15) is 0 Å². The molecule has 0 radical (unpaired) electrons. The van der Waals surface area contributed by atoms with E-state index < -0.39 is 42.0 Å². The molecule has 0 atom stereocenters. The van der Waals surface area contributed by atoms with Crippen molar-refractivity contribution in [2.24, 2.45) is 0 Å². The summed E-state index contributed by atoms with van der Waals surface area (Å²) in [7, 11) is 0. The molecule has 0 spiro atoms. The van der Waals surface area contributed by atoms with Crippen LogP contribution in [0.5, 0.6) is 0 Å². The van der Waals surface area contributed by atoms with Crippen LogP contribution in [0.4, 0.5) is 10.1 Å². The van der Waals surface area contributed by atoms with Gasteiger partial charge in [0.05, 0.1) is 10.9 Å². The highest BCUT2D eigenvalue weighted by Crippen LogP contribution is 2.17. The van der Waals surface area contributed by atoms with Crippen LogP contribution in [-0.2, 0) is 22.7 Å². The molecule has 9 heteroatoms. The van der Waals surface area contributed by atoms with E-state index in [2.05, 4.69) is 10.6 Å². The lowest BCUT2D eigenvalue weighted by molar-refractivity contribution is -0.122. The van der Waals surface area contributed by atoms with Crippen LogP contribution < -0.4 is 21.9 Å². The Hall–Kier alpha value is -3.75. The van der Waals surface area contributed by atoms with Crippen molar-refractivity contribution in [2.75, 3.05) is 5.32 Å². The molecule has 2 amide bonds. The van der Waals surface area contributed by atoms with Crippen molar-refractivity contribution in [3.05, 3.63) is 75.2 Å². The number of para-hydroxylation sites is 1. The highest BCUT2D eigenvalue weighted by Gasteiger charge is 2.20. The van der Waals surface area contributed by atoms with E-state index in [9.17, 15) is 23.6 Å². The fraction of sp³-hybridized carbons (Fsp3) is 0.304. The van der Waals surface area contributed by atoms with Gasteiger partial charge >= 0.3 is 5.69 Å². The highest BCUT2D eigenvalue weighted by atomic mass is 19.1. The second-order valence-electron chi connectivity index (χ2n) is 7.88. The van der Waals surface area contributed by atoms with Gasteiger partial charge in [-0.05, 0) is 43.2 Å². The van der Waals surface area contributed by atoms with Crippen LogP contribution in [0.1, 0.15) is 25.7 Å². The molecule has 2 aromatic carbocycles. The number of aromatic nitrogens is 2. The minimum Gasteiger partial charge on any atom is -0.352 e. The first kappa shape index (κ1) is 21.5. The van der Waals surface area contributed by atoms with Crippen molar-refractivity contribution in [2.45, 2.75) is 44.8 Å². The van der Waals surface area contributed by atoms with Crippen LogP contribution >= 0.6 is 0 Å². The number of fused-ring (bicyclic) bond motifs is 1. The molecule has 1 fully saturated rings. The first-order chi connectivity index (χ1) is 15.4. The number of nitrogens with zero attached hydrogens (tertiary/aromatic N) is 2. The smallest absolute Gasteiger partial charge is 0.332 e.